The molecule has 5 nitrogen and oxygen atoms in total. The first kappa shape index (κ1) is 13.3. The van der Waals surface area contributed by atoms with E-state index >= 15 is 0 Å². The van der Waals surface area contributed by atoms with Gasteiger partial charge in [-0.1, -0.05) is 0 Å². The fraction of sp³-hybridized carbons (Fsp3) is 0.429. The number of nitrogens with one attached hydrogen (secondary N) is 1. The number of carbonyl (C=O) groups is 1. The van der Waals surface area contributed by atoms with Gasteiger partial charge in [-0.25, -0.2) is 4.98 Å². The molecule has 0 radical (unpaired) electrons. The molecule has 1 saturated heterocycles. The van der Waals surface area contributed by atoms with E-state index in [1.54, 1.807) is 12.5 Å². The summed E-state index contributed by atoms with van der Waals surface area (Å²) in [4.78, 5) is 18.7. The molecule has 2 aromatic heterocycles. The Morgan fingerprint density at radius 1 is 1.50 bits per heavy atom. The first-order valence-corrected chi connectivity index (χ1v) is 7.59. The van der Waals surface area contributed by atoms with Gasteiger partial charge in [0.25, 0.3) is 5.91 Å². The number of hydrogen-bond acceptors (Lipinski definition) is 5. The summed E-state index contributed by atoms with van der Waals surface area (Å²) in [6.07, 6.45) is 5.25. The van der Waals surface area contributed by atoms with Crippen LogP contribution in [0, 0.1) is 0 Å². The Labute approximate surface area is 121 Å². The van der Waals surface area contributed by atoms with Crippen molar-refractivity contribution in [1.29, 1.82) is 0 Å². The topological polar surface area (TPSA) is 58.4 Å². The van der Waals surface area contributed by atoms with Crippen LogP contribution in [-0.2, 0) is 0 Å². The van der Waals surface area contributed by atoms with Crippen LogP contribution in [0.4, 0.5) is 0 Å². The van der Waals surface area contributed by atoms with Crippen LogP contribution >= 0.6 is 11.3 Å². The average Bonchev–Trinajstić information content (AvgIpc) is 3.17. The van der Waals surface area contributed by atoms with E-state index in [2.05, 4.69) is 10.3 Å². The number of furan rings is 1. The van der Waals surface area contributed by atoms with Crippen molar-refractivity contribution in [3.63, 3.8) is 0 Å². The van der Waals surface area contributed by atoms with Crippen molar-refractivity contribution < 1.29 is 9.21 Å². The van der Waals surface area contributed by atoms with Crippen molar-refractivity contribution in [2.75, 3.05) is 20.1 Å². The second-order valence-corrected chi connectivity index (χ2v) is 5.81. The average molecular weight is 291 g/mol. The van der Waals surface area contributed by atoms with Crippen LogP contribution in [0.2, 0.25) is 0 Å². The fourth-order valence-corrected chi connectivity index (χ4v) is 3.21. The predicted octanol–water partition coefficient (Wildman–Crippen LogP) is 2.23. The molecular weight excluding hydrogens is 274 g/mol. The first-order valence-electron chi connectivity index (χ1n) is 6.71. The highest BCUT2D eigenvalue weighted by molar-refractivity contribution is 7.13. The minimum atomic E-state index is 0.00268. The van der Waals surface area contributed by atoms with E-state index in [9.17, 15) is 4.79 Å². The van der Waals surface area contributed by atoms with E-state index in [4.69, 9.17) is 4.42 Å². The molecule has 3 heterocycles. The lowest BCUT2D eigenvalue weighted by Crippen LogP contribution is -2.44. The molecule has 1 fully saturated rings. The number of piperidine rings is 1. The SMILES string of the molecule is CN(C(=O)c1csc(-c2ccoc2)n1)C1CCNCC1. The normalized spacial score (nSPS) is 16.2. The van der Waals surface area contributed by atoms with Crippen molar-refractivity contribution in [1.82, 2.24) is 15.2 Å². The summed E-state index contributed by atoms with van der Waals surface area (Å²) in [6, 6.07) is 2.16. The number of rotatable bonds is 3. The zero-order chi connectivity index (χ0) is 13.9. The minimum Gasteiger partial charge on any atom is -0.472 e. The molecule has 106 valence electrons. The number of aromatic nitrogens is 1. The van der Waals surface area contributed by atoms with E-state index in [0.717, 1.165) is 36.5 Å². The summed E-state index contributed by atoms with van der Waals surface area (Å²) in [5.74, 6) is 0.00268. The van der Waals surface area contributed by atoms with Crippen molar-refractivity contribution in [2.24, 2.45) is 0 Å². The van der Waals surface area contributed by atoms with Gasteiger partial charge in [0.2, 0.25) is 0 Å². The number of hydrogen-bond donors (Lipinski definition) is 1. The van der Waals surface area contributed by atoms with Crippen molar-refractivity contribution >= 4 is 17.2 Å². The highest BCUT2D eigenvalue weighted by Gasteiger charge is 2.24. The predicted molar refractivity (Wildman–Crippen MR) is 77.8 cm³/mol. The molecule has 0 aliphatic carbocycles. The van der Waals surface area contributed by atoms with Crippen LogP contribution in [0.25, 0.3) is 10.6 Å². The Morgan fingerprint density at radius 3 is 3.00 bits per heavy atom. The van der Waals surface area contributed by atoms with Gasteiger partial charge in [-0.05, 0) is 32.0 Å². The third-order valence-corrected chi connectivity index (χ3v) is 4.56. The highest BCUT2D eigenvalue weighted by atomic mass is 32.1. The molecule has 0 unspecified atom stereocenters. The molecule has 1 aliphatic heterocycles. The zero-order valence-electron chi connectivity index (χ0n) is 11.3. The van der Waals surface area contributed by atoms with Gasteiger partial charge >= 0.3 is 0 Å². The Balaban J connectivity index is 1.73. The number of carbonyl (C=O) groups excluding carboxylic acids is 1. The minimum absolute atomic E-state index is 0.00268. The lowest BCUT2D eigenvalue weighted by atomic mass is 10.1. The molecule has 2 aromatic rings. The van der Waals surface area contributed by atoms with Crippen LogP contribution in [0.3, 0.4) is 0 Å². The lowest BCUT2D eigenvalue weighted by Gasteiger charge is -2.31. The molecule has 6 heteroatoms. The van der Waals surface area contributed by atoms with Gasteiger partial charge in [0, 0.05) is 24.0 Å². The van der Waals surface area contributed by atoms with Gasteiger partial charge in [0.1, 0.15) is 17.0 Å². The highest BCUT2D eigenvalue weighted by Crippen LogP contribution is 2.25. The summed E-state index contributed by atoms with van der Waals surface area (Å²) >= 11 is 1.47. The monoisotopic (exact) mass is 291 g/mol. The van der Waals surface area contributed by atoms with Crippen molar-refractivity contribution in [3.8, 4) is 10.6 Å². The van der Waals surface area contributed by atoms with Crippen LogP contribution in [-0.4, -0.2) is 42.0 Å². The Bertz CT molecular complexity index is 573. The molecular formula is C14H17N3O2S. The zero-order valence-corrected chi connectivity index (χ0v) is 12.2. The standard InChI is InChI=1S/C14H17N3O2S/c1-17(11-2-5-15-6-3-11)14(18)12-9-20-13(16-12)10-4-7-19-8-10/h4,7-9,11,15H,2-3,5-6H2,1H3. The fourth-order valence-electron chi connectivity index (χ4n) is 2.43. The molecule has 1 amide bonds. The molecule has 20 heavy (non-hydrogen) atoms. The largest absolute Gasteiger partial charge is 0.472 e. The molecule has 0 bridgehead atoms. The smallest absolute Gasteiger partial charge is 0.273 e. The first-order chi connectivity index (χ1) is 9.75. The Kier molecular flexibility index (Phi) is 3.84. The quantitative estimate of drug-likeness (QED) is 0.942. The van der Waals surface area contributed by atoms with Gasteiger partial charge < -0.3 is 14.6 Å². The third kappa shape index (κ3) is 2.62. The van der Waals surface area contributed by atoms with Gasteiger partial charge in [-0.2, -0.15) is 0 Å². The van der Waals surface area contributed by atoms with Gasteiger partial charge in [-0.15, -0.1) is 11.3 Å². The van der Waals surface area contributed by atoms with Crippen molar-refractivity contribution in [2.45, 2.75) is 18.9 Å². The van der Waals surface area contributed by atoms with E-state index in [0.29, 0.717) is 11.7 Å². The summed E-state index contributed by atoms with van der Waals surface area (Å²) in [6.45, 7) is 1.94. The second-order valence-electron chi connectivity index (χ2n) is 4.95. The van der Waals surface area contributed by atoms with Gasteiger partial charge in [0.05, 0.1) is 6.26 Å². The number of amides is 1. The molecule has 0 atom stereocenters. The summed E-state index contributed by atoms with van der Waals surface area (Å²) in [5.41, 5.74) is 1.44. The maximum atomic E-state index is 12.5. The Hall–Kier alpha value is -1.66. The summed E-state index contributed by atoms with van der Waals surface area (Å²) in [7, 11) is 1.87. The molecule has 0 spiro atoms. The molecule has 0 aromatic carbocycles. The van der Waals surface area contributed by atoms with Crippen LogP contribution in [0.15, 0.2) is 28.4 Å². The van der Waals surface area contributed by atoms with Crippen molar-refractivity contribution in [3.05, 3.63) is 29.7 Å². The maximum absolute atomic E-state index is 12.5. The molecule has 1 N–H and O–H groups in total. The van der Waals surface area contributed by atoms with Crippen LogP contribution in [0.1, 0.15) is 23.3 Å². The Morgan fingerprint density at radius 2 is 2.30 bits per heavy atom. The van der Waals surface area contributed by atoms with Gasteiger partial charge in [0.15, 0.2) is 0 Å². The van der Waals surface area contributed by atoms with Crippen LogP contribution < -0.4 is 5.32 Å². The van der Waals surface area contributed by atoms with Crippen LogP contribution in [0.5, 0.6) is 0 Å². The summed E-state index contributed by atoms with van der Waals surface area (Å²) in [5, 5.41) is 5.95. The second kappa shape index (κ2) is 5.76. The summed E-state index contributed by atoms with van der Waals surface area (Å²) < 4.78 is 5.05. The molecule has 3 rings (SSSR count). The van der Waals surface area contributed by atoms with E-state index in [1.807, 2.05) is 23.4 Å². The number of nitrogens with zero attached hydrogens (tertiary/aromatic N) is 2. The molecule has 1 aliphatic rings. The maximum Gasteiger partial charge on any atom is 0.273 e. The van der Waals surface area contributed by atoms with E-state index in [-0.39, 0.29) is 5.91 Å². The van der Waals surface area contributed by atoms with Gasteiger partial charge in [-0.3, -0.25) is 4.79 Å². The number of thiazole rings is 1. The third-order valence-electron chi connectivity index (χ3n) is 3.67. The molecule has 0 saturated carbocycles. The lowest BCUT2D eigenvalue weighted by molar-refractivity contribution is 0.0698. The van der Waals surface area contributed by atoms with E-state index in [1.165, 1.54) is 11.3 Å². The van der Waals surface area contributed by atoms with E-state index < -0.39 is 0 Å².